The van der Waals surface area contributed by atoms with Gasteiger partial charge >= 0.3 is 21.1 Å². The number of ketones is 3. The van der Waals surface area contributed by atoms with Crippen LogP contribution in [0.15, 0.2) is 18.2 Å². The number of aromatic hydroxyl groups is 2. The number of phenolic OH excluding ortho intramolecular Hbond substituents is 2. The van der Waals surface area contributed by atoms with Gasteiger partial charge in [0.05, 0.1) is 42.1 Å². The molecule has 10 radical (unpaired) electrons. The van der Waals surface area contributed by atoms with Crippen LogP contribution in [0.25, 0.3) is 0 Å². The van der Waals surface area contributed by atoms with Gasteiger partial charge in [0.2, 0.25) is 5.78 Å². The third-order valence-electron chi connectivity index (χ3n) is 8.15. The first-order chi connectivity index (χ1) is 18.8. The molecule has 24 heteroatoms. The Hall–Kier alpha value is 4.43. The average Bonchev–Trinajstić information content (AvgIpc) is 2.90. The van der Waals surface area contributed by atoms with Gasteiger partial charge in [-0.1, -0.05) is 12.1 Å². The van der Waals surface area contributed by atoms with E-state index in [0.29, 0.717) is 0 Å². The van der Waals surface area contributed by atoms with E-state index in [4.69, 9.17) is 14.2 Å². The molecule has 0 saturated carbocycles. The summed E-state index contributed by atoms with van der Waals surface area (Å²) < 4.78 is 17.3. The normalized spacial score (nSPS) is 21.9. The van der Waals surface area contributed by atoms with Crippen molar-refractivity contribution in [2.24, 2.45) is 0 Å². The molecule has 0 aromatic heterocycles. The minimum absolute atomic E-state index is 0. The van der Waals surface area contributed by atoms with Crippen LogP contribution < -0.4 is 4.74 Å². The van der Waals surface area contributed by atoms with Crippen molar-refractivity contribution in [3.05, 3.63) is 73.0 Å². The zero-order valence-corrected chi connectivity index (χ0v) is 51.8. The number of carbonyl (C=O) groups excluding carboxylic acids is 3. The fourth-order valence-electron chi connectivity index (χ4n) is 5.98. The molecule has 11 nitrogen and oxygen atoms in total. The van der Waals surface area contributed by atoms with Crippen LogP contribution in [0.1, 0.15) is 68.8 Å². The molecule has 0 amide bonds. The van der Waals surface area contributed by atoms with Gasteiger partial charge < -0.3 is 58.7 Å². The molecule has 1 aliphatic heterocycles. The summed E-state index contributed by atoms with van der Waals surface area (Å²) in [5, 5.41) is 44.7. The van der Waals surface area contributed by atoms with Crippen LogP contribution >= 0.6 is 0 Å². The number of aliphatic hydroxyl groups excluding tert-OH is 1. The van der Waals surface area contributed by atoms with Gasteiger partial charge in [0, 0.05) is 275 Å². The minimum Gasteiger partial charge on any atom is -0.507 e. The van der Waals surface area contributed by atoms with Crippen molar-refractivity contribution in [3.63, 3.8) is 0 Å². The van der Waals surface area contributed by atoms with Crippen molar-refractivity contribution in [2.45, 2.75) is 62.4 Å². The number of nitrogens with zero attached hydrogens (tertiary/aromatic N) is 1. The molecule has 3 aliphatic rings. The Morgan fingerprint density at radius 2 is 1.43 bits per heavy atom. The van der Waals surface area contributed by atoms with Crippen LogP contribution in [-0.2, 0) is 269 Å². The first-order valence-corrected chi connectivity index (χ1v) is 12.8. The molecule has 4 N–H and O–H groups in total. The molecule has 0 bridgehead atoms. The predicted octanol–water partition coefficient (Wildman–Crippen LogP) is 2.03. The summed E-state index contributed by atoms with van der Waals surface area (Å²) in [5.41, 5.74) is -3.23. The maximum atomic E-state index is 13.7. The molecule has 1 heterocycles. The van der Waals surface area contributed by atoms with E-state index >= 15 is 0 Å². The standard InChI is InChI=1S/C29H31NO10.CH3.10V.3W/c1-12-24(32)16(30(3)4)9-19(39-12)40-18-11-29(37,13(2)31)10-15-21(18)28(36)23-22(26(15)34)25(33)14-7-6-8-17(38-5)20(14)27(23)35;;;;;;;;;;;;;;/h6-8,12,16,18-19,24,32,34,36-37H,2-3,9-11H2,1,4-5H3;1H3;;;;;;;;;;;;;/q-2;-1;;;;;;;;;;;;;+2/t12-,16-,18-,19-,24+,29-;;;;;;;;;;;;;;/m0............../s1. The van der Waals surface area contributed by atoms with Crippen molar-refractivity contribution in [1.29, 1.82) is 0 Å². The summed E-state index contributed by atoms with van der Waals surface area (Å²) in [5.74, 6) is -3.47. The number of aliphatic hydroxyl groups is 2. The summed E-state index contributed by atoms with van der Waals surface area (Å²) in [6, 6.07) is 3.97. The van der Waals surface area contributed by atoms with Gasteiger partial charge in [-0.25, -0.2) is 0 Å². The Morgan fingerprint density at radius 1 is 0.926 bits per heavy atom. The molecule has 2 aromatic carbocycles. The molecule has 2 aromatic rings. The van der Waals surface area contributed by atoms with Crippen LogP contribution in [-0.4, -0.2) is 87.0 Å². The number of hydrogen-bond acceptors (Lipinski definition) is 11. The number of hydrogen-bond donors (Lipinski definition) is 4. The SMILES string of the molecule is [CH2-]C(=O)[C@]1(O)Cc2c(O)c3c(c(O)c2[C@@H](O[C@H]2C[C@H](N([CH2-])C)[C@H](O)[C@H](C)O2)C1)C(=O)c1c(OC)cccc1C3=O.[CH3-].[V].[V].[V].[V].[V].[V].[V].[V].[V].[V].[W+2].[W].[W]. The van der Waals surface area contributed by atoms with Gasteiger partial charge in [0.1, 0.15) is 22.8 Å². The van der Waals surface area contributed by atoms with Gasteiger partial charge in [-0.15, -0.1) is 0 Å². The third kappa shape index (κ3) is 15.9. The van der Waals surface area contributed by atoms with Crippen molar-refractivity contribution in [2.75, 3.05) is 14.2 Å². The van der Waals surface area contributed by atoms with E-state index in [1.165, 1.54) is 25.3 Å². The summed E-state index contributed by atoms with van der Waals surface area (Å²) in [4.78, 5) is 41.3. The zero-order valence-electron chi connectivity index (χ0n) is 29.0. The van der Waals surface area contributed by atoms with E-state index in [0.717, 1.165) is 0 Å². The first-order valence-electron chi connectivity index (χ1n) is 12.8. The van der Waals surface area contributed by atoms with Crippen molar-refractivity contribution in [1.82, 2.24) is 4.90 Å². The number of likely N-dealkylation sites (N-methyl/N-ethyl adjacent to an activating group) is 1. The van der Waals surface area contributed by atoms with Crippen molar-refractivity contribution >= 4 is 17.3 Å². The number of ether oxygens (including phenoxy) is 3. The van der Waals surface area contributed by atoms with Gasteiger partial charge in [-0.2, -0.15) is 0 Å². The third-order valence-corrected chi connectivity index (χ3v) is 8.15. The van der Waals surface area contributed by atoms with Crippen LogP contribution in [0.2, 0.25) is 0 Å². The molecular weight excluding hydrogens is 1600 g/mol. The number of rotatable bonds is 5. The second-order valence-electron chi connectivity index (χ2n) is 10.7. The van der Waals surface area contributed by atoms with E-state index in [-0.39, 0.29) is 297 Å². The van der Waals surface area contributed by atoms with Crippen LogP contribution in [0.4, 0.5) is 0 Å². The Bertz CT molecular complexity index is 1470. The zero-order chi connectivity index (χ0) is 29.3. The molecule has 1 saturated heterocycles. The summed E-state index contributed by atoms with van der Waals surface area (Å²) in [6.07, 6.45) is -4.50. The summed E-state index contributed by atoms with van der Waals surface area (Å²) in [7, 11) is 6.87. The quantitative estimate of drug-likeness (QED) is 0.219. The van der Waals surface area contributed by atoms with Crippen LogP contribution in [0.3, 0.4) is 0 Å². The van der Waals surface area contributed by atoms with E-state index in [9.17, 15) is 34.8 Å². The Morgan fingerprint density at radius 3 is 1.89 bits per heavy atom. The molecule has 288 valence electrons. The number of carbonyl (C=O) groups is 3. The smallest absolute Gasteiger partial charge is 0.507 e. The molecule has 5 rings (SSSR count). The number of phenols is 2. The summed E-state index contributed by atoms with van der Waals surface area (Å²) >= 11 is 0. The molecular formula is C30H34NO10V10W3-. The van der Waals surface area contributed by atoms with E-state index < -0.39 is 82.6 Å². The first kappa shape index (κ1) is 82.2. The molecule has 0 unspecified atom stereocenters. The topological polar surface area (TPSA) is 163 Å². The molecule has 0 spiro atoms. The number of fused-ring (bicyclic) bond motifs is 3. The molecule has 6 atom stereocenters. The van der Waals surface area contributed by atoms with Gasteiger partial charge in [-0.05, 0) is 20.0 Å². The fourth-order valence-corrected chi connectivity index (χ4v) is 5.98. The van der Waals surface area contributed by atoms with E-state index in [2.05, 4.69) is 14.0 Å². The van der Waals surface area contributed by atoms with E-state index in [1.54, 1.807) is 18.9 Å². The molecule has 2 aliphatic carbocycles. The van der Waals surface area contributed by atoms with Crippen molar-refractivity contribution < 1.29 is 298 Å². The second kappa shape index (κ2) is 33.9. The second-order valence-corrected chi connectivity index (χ2v) is 10.7. The predicted molar refractivity (Wildman–Crippen MR) is 145 cm³/mol. The monoisotopic (exact) mass is 1630 g/mol. The number of methoxy groups -OCH3 is 1. The average molecular weight is 1630 g/mol. The van der Waals surface area contributed by atoms with Crippen LogP contribution in [0.5, 0.6) is 17.2 Å². The Balaban J connectivity index is -0.000000173. The molecule has 54 heavy (non-hydrogen) atoms. The maximum absolute atomic E-state index is 13.7. The van der Waals surface area contributed by atoms with Gasteiger partial charge in [0.25, 0.3) is 0 Å². The largest absolute Gasteiger partial charge is 2.00 e. The number of benzene rings is 2. The van der Waals surface area contributed by atoms with Gasteiger partial charge in [-0.3, -0.25) is 16.6 Å². The fraction of sp³-hybridized carbons (Fsp3) is 0.400. The maximum Gasteiger partial charge on any atom is 2.00 e. The Labute approximate surface area is 479 Å². The molecule has 1 fully saturated rings. The van der Waals surface area contributed by atoms with Crippen LogP contribution in [0, 0.1) is 21.4 Å². The number of Topliss-reactive ketones (excluding diaryl/α,β-unsaturated/α-hetero) is 1. The van der Waals surface area contributed by atoms with Gasteiger partial charge in [0.15, 0.2) is 12.1 Å². The minimum atomic E-state index is -2.11. The summed E-state index contributed by atoms with van der Waals surface area (Å²) in [6.45, 7) is 5.01. The van der Waals surface area contributed by atoms with Crippen molar-refractivity contribution in [3.8, 4) is 17.2 Å². The Kier molecular flexibility index (Phi) is 51.6. The van der Waals surface area contributed by atoms with E-state index in [1.807, 2.05) is 0 Å².